The molecule has 2 aromatic rings. The molecule has 1 N–H and O–H groups in total. The van der Waals surface area contributed by atoms with Gasteiger partial charge in [-0.15, -0.1) is 0 Å². The second-order valence-corrected chi connectivity index (χ2v) is 5.34. The summed E-state index contributed by atoms with van der Waals surface area (Å²) < 4.78 is 1.89. The minimum atomic E-state index is 0.203. The summed E-state index contributed by atoms with van der Waals surface area (Å²) in [7, 11) is 3.91. The van der Waals surface area contributed by atoms with E-state index in [0.717, 1.165) is 34.9 Å². The molecule has 0 bridgehead atoms. The second kappa shape index (κ2) is 6.37. The first kappa shape index (κ1) is 15.0. The van der Waals surface area contributed by atoms with Gasteiger partial charge in [-0.05, 0) is 38.1 Å². The number of aryl methyl sites for hydroxylation is 3. The molecule has 2 aromatic heterocycles. The van der Waals surface area contributed by atoms with Crippen LogP contribution in [0.15, 0.2) is 18.3 Å². The lowest BCUT2D eigenvalue weighted by atomic mass is 10.0. The van der Waals surface area contributed by atoms with Gasteiger partial charge in [0.2, 0.25) is 0 Å². The van der Waals surface area contributed by atoms with Gasteiger partial charge in [-0.3, -0.25) is 9.67 Å². The van der Waals surface area contributed by atoms with Crippen LogP contribution >= 0.6 is 11.6 Å². The maximum atomic E-state index is 6.43. The van der Waals surface area contributed by atoms with Crippen molar-refractivity contribution in [3.63, 3.8) is 0 Å². The minimum absolute atomic E-state index is 0.203. The standard InChI is InChI=1S/C15H21ClN4/c1-5-12-15(16)14(20(4)19-12)9-13(17-3)11-6-7-18-10(2)8-11/h6-8,13,17H,5,9H2,1-4H3. The van der Waals surface area contributed by atoms with E-state index in [1.807, 2.05) is 38.0 Å². The molecule has 0 saturated carbocycles. The van der Waals surface area contributed by atoms with Crippen LogP contribution in [0.4, 0.5) is 0 Å². The predicted molar refractivity (Wildman–Crippen MR) is 82.1 cm³/mol. The number of hydrogen-bond acceptors (Lipinski definition) is 3. The first-order chi connectivity index (χ1) is 9.56. The van der Waals surface area contributed by atoms with Crippen LogP contribution in [0.2, 0.25) is 5.02 Å². The molecule has 2 rings (SSSR count). The predicted octanol–water partition coefficient (Wildman–Crippen LogP) is 2.84. The third-order valence-corrected chi connectivity index (χ3v) is 4.01. The Hall–Kier alpha value is -1.39. The molecule has 0 fully saturated rings. The molecular weight excluding hydrogens is 272 g/mol. The molecule has 108 valence electrons. The minimum Gasteiger partial charge on any atom is -0.313 e. The van der Waals surface area contributed by atoms with Gasteiger partial charge < -0.3 is 5.32 Å². The topological polar surface area (TPSA) is 42.7 Å². The summed E-state index contributed by atoms with van der Waals surface area (Å²) in [5, 5.41) is 8.61. The normalized spacial score (nSPS) is 12.7. The second-order valence-electron chi connectivity index (χ2n) is 4.96. The van der Waals surface area contributed by atoms with Gasteiger partial charge in [0.25, 0.3) is 0 Å². The quantitative estimate of drug-likeness (QED) is 0.921. The molecule has 5 heteroatoms. The highest BCUT2D eigenvalue weighted by atomic mass is 35.5. The zero-order valence-corrected chi connectivity index (χ0v) is 13.2. The van der Waals surface area contributed by atoms with Gasteiger partial charge in [-0.1, -0.05) is 18.5 Å². The van der Waals surface area contributed by atoms with E-state index >= 15 is 0 Å². The van der Waals surface area contributed by atoms with Crippen molar-refractivity contribution in [2.24, 2.45) is 7.05 Å². The van der Waals surface area contributed by atoms with Crippen LogP contribution in [-0.2, 0) is 19.9 Å². The van der Waals surface area contributed by atoms with Gasteiger partial charge in [0.15, 0.2) is 0 Å². The van der Waals surface area contributed by atoms with Crippen LogP contribution in [0.5, 0.6) is 0 Å². The molecule has 4 nitrogen and oxygen atoms in total. The lowest BCUT2D eigenvalue weighted by Crippen LogP contribution is -2.20. The average Bonchev–Trinajstić information content (AvgIpc) is 2.71. The zero-order valence-electron chi connectivity index (χ0n) is 12.4. The Kier molecular flexibility index (Phi) is 4.78. The molecule has 0 aliphatic carbocycles. The SMILES string of the molecule is CCc1nn(C)c(CC(NC)c2ccnc(C)c2)c1Cl. The van der Waals surface area contributed by atoms with E-state index in [0.29, 0.717) is 0 Å². The van der Waals surface area contributed by atoms with Crippen LogP contribution in [-0.4, -0.2) is 21.8 Å². The fourth-order valence-electron chi connectivity index (χ4n) is 2.41. The van der Waals surface area contributed by atoms with Crippen LogP contribution in [0, 0.1) is 6.92 Å². The first-order valence-electron chi connectivity index (χ1n) is 6.86. The van der Waals surface area contributed by atoms with E-state index in [1.165, 1.54) is 5.56 Å². The van der Waals surface area contributed by atoms with Crippen molar-refractivity contribution in [1.29, 1.82) is 0 Å². The molecule has 0 saturated heterocycles. The molecule has 2 heterocycles. The van der Waals surface area contributed by atoms with Crippen molar-refractivity contribution in [2.45, 2.75) is 32.7 Å². The number of pyridine rings is 1. The van der Waals surface area contributed by atoms with Gasteiger partial charge in [-0.2, -0.15) is 5.10 Å². The third-order valence-electron chi connectivity index (χ3n) is 3.57. The summed E-state index contributed by atoms with van der Waals surface area (Å²) in [4.78, 5) is 4.24. The van der Waals surface area contributed by atoms with E-state index in [-0.39, 0.29) is 6.04 Å². The number of likely N-dealkylation sites (N-methyl/N-ethyl adjacent to an activating group) is 1. The summed E-state index contributed by atoms with van der Waals surface area (Å²) in [6.45, 7) is 4.07. The first-order valence-corrected chi connectivity index (χ1v) is 7.24. The van der Waals surface area contributed by atoms with Gasteiger partial charge in [0.05, 0.1) is 16.4 Å². The summed E-state index contributed by atoms with van der Waals surface area (Å²) in [6, 6.07) is 4.35. The number of aromatic nitrogens is 3. The third kappa shape index (κ3) is 3.02. The average molecular weight is 293 g/mol. The van der Waals surface area contributed by atoms with Crippen molar-refractivity contribution in [3.05, 3.63) is 46.0 Å². The monoisotopic (exact) mass is 292 g/mol. The molecular formula is C15H21ClN4. The van der Waals surface area contributed by atoms with E-state index in [4.69, 9.17) is 11.6 Å². The van der Waals surface area contributed by atoms with Crippen LogP contribution in [0.25, 0.3) is 0 Å². The van der Waals surface area contributed by atoms with Crippen molar-refractivity contribution in [3.8, 4) is 0 Å². The molecule has 0 radical (unpaired) electrons. The summed E-state index contributed by atoms with van der Waals surface area (Å²) in [6.07, 6.45) is 3.50. The Morgan fingerprint density at radius 2 is 2.20 bits per heavy atom. The maximum absolute atomic E-state index is 6.43. The number of nitrogens with zero attached hydrogens (tertiary/aromatic N) is 3. The highest BCUT2D eigenvalue weighted by Crippen LogP contribution is 2.26. The summed E-state index contributed by atoms with van der Waals surface area (Å²) in [5.74, 6) is 0. The Morgan fingerprint density at radius 1 is 1.45 bits per heavy atom. The fourth-order valence-corrected chi connectivity index (χ4v) is 2.78. The number of hydrogen-bond donors (Lipinski definition) is 1. The molecule has 1 unspecified atom stereocenters. The largest absolute Gasteiger partial charge is 0.313 e. The summed E-state index contributed by atoms with van der Waals surface area (Å²) >= 11 is 6.43. The van der Waals surface area contributed by atoms with Gasteiger partial charge in [0.1, 0.15) is 0 Å². The van der Waals surface area contributed by atoms with Crippen LogP contribution < -0.4 is 5.32 Å². The van der Waals surface area contributed by atoms with Crippen molar-refractivity contribution < 1.29 is 0 Å². The molecule has 0 aromatic carbocycles. The van der Waals surface area contributed by atoms with Gasteiger partial charge in [0, 0.05) is 31.4 Å². The van der Waals surface area contributed by atoms with Gasteiger partial charge >= 0.3 is 0 Å². The number of halogens is 1. The number of rotatable bonds is 5. The van der Waals surface area contributed by atoms with Crippen molar-refractivity contribution in [1.82, 2.24) is 20.1 Å². The molecule has 20 heavy (non-hydrogen) atoms. The van der Waals surface area contributed by atoms with Gasteiger partial charge in [-0.25, -0.2) is 0 Å². The van der Waals surface area contributed by atoms with Crippen LogP contribution in [0.1, 0.15) is 35.6 Å². The fraction of sp³-hybridized carbons (Fsp3) is 0.467. The Balaban J connectivity index is 2.29. The number of nitrogens with one attached hydrogen (secondary N) is 1. The lowest BCUT2D eigenvalue weighted by molar-refractivity contribution is 0.560. The van der Waals surface area contributed by atoms with Crippen LogP contribution in [0.3, 0.4) is 0 Å². The molecule has 0 aliphatic rings. The lowest BCUT2D eigenvalue weighted by Gasteiger charge is -2.17. The van der Waals surface area contributed by atoms with Crippen molar-refractivity contribution in [2.75, 3.05) is 7.05 Å². The molecule has 0 amide bonds. The zero-order chi connectivity index (χ0) is 14.7. The molecule has 0 aliphatic heterocycles. The van der Waals surface area contributed by atoms with E-state index in [9.17, 15) is 0 Å². The summed E-state index contributed by atoms with van der Waals surface area (Å²) in [5.41, 5.74) is 4.27. The molecule has 0 spiro atoms. The van der Waals surface area contributed by atoms with E-state index in [2.05, 4.69) is 28.4 Å². The van der Waals surface area contributed by atoms with Crippen molar-refractivity contribution >= 4 is 11.6 Å². The highest BCUT2D eigenvalue weighted by Gasteiger charge is 2.18. The Bertz CT molecular complexity index is 592. The highest BCUT2D eigenvalue weighted by molar-refractivity contribution is 6.31. The Morgan fingerprint density at radius 3 is 2.75 bits per heavy atom. The van der Waals surface area contributed by atoms with E-state index in [1.54, 1.807) is 0 Å². The Labute approximate surface area is 125 Å². The smallest absolute Gasteiger partial charge is 0.0850 e. The molecule has 1 atom stereocenters. The maximum Gasteiger partial charge on any atom is 0.0850 e. The van der Waals surface area contributed by atoms with E-state index < -0.39 is 0 Å².